The van der Waals surface area contributed by atoms with Crippen LogP contribution in [0.15, 0.2) is 29.3 Å². The summed E-state index contributed by atoms with van der Waals surface area (Å²) in [5.41, 5.74) is 0.943. The third-order valence-corrected chi connectivity index (χ3v) is 5.21. The molecule has 3 rings (SSSR count). The first-order valence-corrected chi connectivity index (χ1v) is 10.3. The molecule has 2 aliphatic rings. The SMILES string of the molecule is CCNC(=NCC(=O)N1CCCCC1)N1CC(C)OC(c2ccc(F)cc2)C1. The number of carbonyl (C=O) groups excluding carboxylic acids is 1. The van der Waals surface area contributed by atoms with Gasteiger partial charge in [0.25, 0.3) is 0 Å². The van der Waals surface area contributed by atoms with Crippen molar-refractivity contribution >= 4 is 11.9 Å². The zero-order valence-corrected chi connectivity index (χ0v) is 16.9. The Labute approximate surface area is 166 Å². The van der Waals surface area contributed by atoms with Gasteiger partial charge in [0.05, 0.1) is 12.6 Å². The van der Waals surface area contributed by atoms with Crippen LogP contribution >= 0.6 is 0 Å². The Morgan fingerprint density at radius 2 is 1.89 bits per heavy atom. The Morgan fingerprint density at radius 3 is 2.57 bits per heavy atom. The van der Waals surface area contributed by atoms with Gasteiger partial charge in [-0.3, -0.25) is 4.79 Å². The lowest BCUT2D eigenvalue weighted by Crippen LogP contribution is -2.51. The molecule has 0 spiro atoms. The minimum Gasteiger partial charge on any atom is -0.367 e. The van der Waals surface area contributed by atoms with Gasteiger partial charge in [-0.05, 0) is 50.8 Å². The van der Waals surface area contributed by atoms with Crippen molar-refractivity contribution in [2.75, 3.05) is 39.3 Å². The van der Waals surface area contributed by atoms with Gasteiger partial charge >= 0.3 is 0 Å². The highest BCUT2D eigenvalue weighted by atomic mass is 19.1. The zero-order valence-electron chi connectivity index (χ0n) is 16.9. The predicted octanol–water partition coefficient (Wildman–Crippen LogP) is 2.57. The Morgan fingerprint density at radius 1 is 1.18 bits per heavy atom. The van der Waals surface area contributed by atoms with E-state index in [2.05, 4.69) is 15.2 Å². The number of nitrogens with one attached hydrogen (secondary N) is 1. The number of halogens is 1. The fourth-order valence-corrected chi connectivity index (χ4v) is 3.80. The van der Waals surface area contributed by atoms with Crippen LogP contribution in [0.1, 0.15) is 44.8 Å². The van der Waals surface area contributed by atoms with Crippen LogP contribution in [0.4, 0.5) is 4.39 Å². The van der Waals surface area contributed by atoms with Crippen molar-refractivity contribution < 1.29 is 13.9 Å². The van der Waals surface area contributed by atoms with E-state index in [4.69, 9.17) is 4.74 Å². The monoisotopic (exact) mass is 390 g/mol. The van der Waals surface area contributed by atoms with E-state index in [-0.39, 0.29) is 30.5 Å². The fraction of sp³-hybridized carbons (Fsp3) is 0.619. The lowest BCUT2D eigenvalue weighted by molar-refractivity contribution is -0.130. The molecule has 0 aromatic heterocycles. The van der Waals surface area contributed by atoms with Crippen molar-refractivity contribution in [2.45, 2.75) is 45.3 Å². The molecule has 1 N–H and O–H groups in total. The smallest absolute Gasteiger partial charge is 0.244 e. The highest BCUT2D eigenvalue weighted by Crippen LogP contribution is 2.25. The summed E-state index contributed by atoms with van der Waals surface area (Å²) in [5.74, 6) is 0.567. The standard InChI is InChI=1S/C21H31FN4O2/c1-3-23-21(24-13-20(27)25-11-5-4-6-12-25)26-14-16(2)28-19(15-26)17-7-9-18(22)10-8-17/h7-10,16,19H,3-6,11-15H2,1-2H3,(H,23,24). The third-order valence-electron chi connectivity index (χ3n) is 5.21. The normalized spacial score (nSPS) is 23.6. The molecule has 0 saturated carbocycles. The summed E-state index contributed by atoms with van der Waals surface area (Å²) in [7, 11) is 0. The number of hydrogen-bond acceptors (Lipinski definition) is 3. The number of guanidine groups is 1. The van der Waals surface area contributed by atoms with Gasteiger partial charge in [-0.2, -0.15) is 0 Å². The molecule has 7 heteroatoms. The summed E-state index contributed by atoms with van der Waals surface area (Å²) in [6.07, 6.45) is 3.20. The molecule has 1 amide bonds. The summed E-state index contributed by atoms with van der Waals surface area (Å²) in [5, 5.41) is 3.30. The maximum absolute atomic E-state index is 13.2. The van der Waals surface area contributed by atoms with E-state index in [0.29, 0.717) is 13.1 Å². The van der Waals surface area contributed by atoms with Crippen LogP contribution in [0.3, 0.4) is 0 Å². The molecule has 2 atom stereocenters. The predicted molar refractivity (Wildman–Crippen MR) is 108 cm³/mol. The van der Waals surface area contributed by atoms with Gasteiger partial charge in [0.2, 0.25) is 5.91 Å². The minimum absolute atomic E-state index is 0.00505. The fourth-order valence-electron chi connectivity index (χ4n) is 3.80. The number of aliphatic imine (C=N–C) groups is 1. The van der Waals surface area contributed by atoms with Gasteiger partial charge in [-0.15, -0.1) is 0 Å². The van der Waals surface area contributed by atoms with Crippen LogP contribution in [0, 0.1) is 5.82 Å². The molecule has 0 aliphatic carbocycles. The molecule has 28 heavy (non-hydrogen) atoms. The van der Waals surface area contributed by atoms with Crippen molar-refractivity contribution in [2.24, 2.45) is 4.99 Å². The number of benzene rings is 1. The molecule has 0 radical (unpaired) electrons. The number of nitrogens with zero attached hydrogens (tertiary/aromatic N) is 3. The number of ether oxygens (including phenoxy) is 1. The first-order chi connectivity index (χ1) is 13.6. The Kier molecular flexibility index (Phi) is 7.25. The highest BCUT2D eigenvalue weighted by Gasteiger charge is 2.28. The van der Waals surface area contributed by atoms with Gasteiger partial charge in [0, 0.05) is 26.2 Å². The number of hydrogen-bond donors (Lipinski definition) is 1. The number of morpholine rings is 1. The van der Waals surface area contributed by atoms with E-state index in [0.717, 1.165) is 44.0 Å². The van der Waals surface area contributed by atoms with E-state index >= 15 is 0 Å². The van der Waals surface area contributed by atoms with Gasteiger partial charge in [-0.25, -0.2) is 9.38 Å². The molecule has 1 aromatic rings. The van der Waals surface area contributed by atoms with Crippen molar-refractivity contribution in [1.29, 1.82) is 0 Å². The summed E-state index contributed by atoms with van der Waals surface area (Å²) in [4.78, 5) is 21.1. The number of carbonyl (C=O) groups is 1. The Hall–Kier alpha value is -2.15. The molecule has 2 aliphatic heterocycles. The van der Waals surface area contributed by atoms with Crippen LogP contribution in [0.5, 0.6) is 0 Å². The molecule has 1 aromatic carbocycles. The first-order valence-electron chi connectivity index (χ1n) is 10.3. The quantitative estimate of drug-likeness (QED) is 0.634. The molecular weight excluding hydrogens is 359 g/mol. The molecule has 2 unspecified atom stereocenters. The van der Waals surface area contributed by atoms with Crippen LogP contribution in [-0.2, 0) is 9.53 Å². The summed E-state index contributed by atoms with van der Waals surface area (Å²) in [6, 6.07) is 6.44. The van der Waals surface area contributed by atoms with Crippen molar-refractivity contribution in [3.63, 3.8) is 0 Å². The summed E-state index contributed by atoms with van der Waals surface area (Å²) in [6.45, 7) is 7.91. The topological polar surface area (TPSA) is 57.2 Å². The lowest BCUT2D eigenvalue weighted by atomic mass is 10.1. The minimum atomic E-state index is -0.254. The van der Waals surface area contributed by atoms with E-state index in [1.165, 1.54) is 18.6 Å². The van der Waals surface area contributed by atoms with E-state index in [1.807, 2.05) is 18.7 Å². The lowest BCUT2D eigenvalue weighted by Gasteiger charge is -2.38. The molecule has 0 bridgehead atoms. The maximum atomic E-state index is 13.2. The number of likely N-dealkylation sites (tertiary alicyclic amines) is 1. The molecule has 154 valence electrons. The largest absolute Gasteiger partial charge is 0.367 e. The zero-order chi connectivity index (χ0) is 19.9. The summed E-state index contributed by atoms with van der Waals surface area (Å²) >= 11 is 0. The number of rotatable bonds is 4. The average molecular weight is 391 g/mol. The van der Waals surface area contributed by atoms with Crippen LogP contribution < -0.4 is 5.32 Å². The van der Waals surface area contributed by atoms with Gasteiger partial charge in [0.15, 0.2) is 5.96 Å². The third kappa shape index (κ3) is 5.44. The van der Waals surface area contributed by atoms with Crippen molar-refractivity contribution in [1.82, 2.24) is 15.1 Å². The Bertz CT molecular complexity index is 673. The second-order valence-corrected chi connectivity index (χ2v) is 7.50. The van der Waals surface area contributed by atoms with Gasteiger partial charge < -0.3 is 19.9 Å². The van der Waals surface area contributed by atoms with E-state index in [9.17, 15) is 9.18 Å². The van der Waals surface area contributed by atoms with Gasteiger partial charge in [0.1, 0.15) is 18.5 Å². The second kappa shape index (κ2) is 9.87. The average Bonchev–Trinajstić information content (AvgIpc) is 2.71. The van der Waals surface area contributed by atoms with Crippen LogP contribution in [0.25, 0.3) is 0 Å². The Balaban J connectivity index is 1.68. The number of amides is 1. The first kappa shape index (κ1) is 20.6. The van der Waals surface area contributed by atoms with Crippen molar-refractivity contribution in [3.05, 3.63) is 35.6 Å². The molecule has 2 saturated heterocycles. The van der Waals surface area contributed by atoms with Crippen LogP contribution in [0.2, 0.25) is 0 Å². The second-order valence-electron chi connectivity index (χ2n) is 7.50. The van der Waals surface area contributed by atoms with Crippen molar-refractivity contribution in [3.8, 4) is 0 Å². The van der Waals surface area contributed by atoms with E-state index in [1.54, 1.807) is 12.1 Å². The maximum Gasteiger partial charge on any atom is 0.244 e. The molecule has 6 nitrogen and oxygen atoms in total. The van der Waals surface area contributed by atoms with Gasteiger partial charge in [-0.1, -0.05) is 12.1 Å². The van der Waals surface area contributed by atoms with E-state index < -0.39 is 0 Å². The molecule has 2 fully saturated rings. The molecular formula is C21H31FN4O2. The van der Waals surface area contributed by atoms with Crippen LogP contribution in [-0.4, -0.2) is 67.0 Å². The molecule has 2 heterocycles. The summed E-state index contributed by atoms with van der Waals surface area (Å²) < 4.78 is 19.3. The number of piperidine rings is 1. The highest BCUT2D eigenvalue weighted by molar-refractivity contribution is 5.85.